The van der Waals surface area contributed by atoms with Crippen molar-refractivity contribution in [2.24, 2.45) is 9.98 Å². The first-order chi connectivity index (χ1) is 27.7. The van der Waals surface area contributed by atoms with Gasteiger partial charge in [-0.1, -0.05) is 140 Å². The Labute approximate surface area is 320 Å². The summed E-state index contributed by atoms with van der Waals surface area (Å²) in [6, 6.07) is 61.5. The molecule has 1 aliphatic heterocycles. The molecule has 0 amide bonds. The Hall–Kier alpha value is -7.50. The van der Waals surface area contributed by atoms with Gasteiger partial charge >= 0.3 is 0 Å². The van der Waals surface area contributed by atoms with E-state index in [9.17, 15) is 0 Å². The van der Waals surface area contributed by atoms with E-state index in [1.807, 2.05) is 24.3 Å². The van der Waals surface area contributed by atoms with Gasteiger partial charge in [-0.3, -0.25) is 0 Å². The highest BCUT2D eigenvalue weighted by molar-refractivity contribution is 6.23. The number of rotatable bonds is 4. The maximum Gasteiger partial charge on any atom is 0.159 e. The number of benzene rings is 9. The normalized spacial score (nSPS) is 14.6. The fourth-order valence-electron chi connectivity index (χ4n) is 8.76. The molecule has 0 saturated carbocycles. The first-order valence-electron chi connectivity index (χ1n) is 18.9. The molecule has 0 radical (unpaired) electrons. The molecule has 262 valence electrons. The van der Waals surface area contributed by atoms with Crippen LogP contribution < -0.4 is 5.32 Å². The van der Waals surface area contributed by atoms with Gasteiger partial charge in [-0.05, 0) is 74.5 Å². The van der Waals surface area contributed by atoms with Crippen LogP contribution in [-0.4, -0.2) is 11.7 Å². The summed E-state index contributed by atoms with van der Waals surface area (Å²) < 4.78 is 13.1. The lowest BCUT2D eigenvalue weighted by molar-refractivity contribution is 0.662. The van der Waals surface area contributed by atoms with E-state index in [1.54, 1.807) is 0 Å². The molecule has 1 unspecified atom stereocenters. The predicted molar refractivity (Wildman–Crippen MR) is 231 cm³/mol. The summed E-state index contributed by atoms with van der Waals surface area (Å²) in [5.74, 6) is 1.46. The fourth-order valence-corrected chi connectivity index (χ4v) is 8.76. The molecule has 0 spiro atoms. The van der Waals surface area contributed by atoms with Crippen LogP contribution in [0, 0.1) is 0 Å². The summed E-state index contributed by atoms with van der Waals surface area (Å²) in [7, 11) is 0. The Morgan fingerprint density at radius 3 is 2.04 bits per heavy atom. The molecule has 5 nitrogen and oxygen atoms in total. The largest absolute Gasteiger partial charge is 0.456 e. The van der Waals surface area contributed by atoms with Crippen molar-refractivity contribution in [1.82, 2.24) is 5.32 Å². The zero-order chi connectivity index (χ0) is 36.7. The zero-order valence-electron chi connectivity index (χ0n) is 30.0. The molecule has 0 fully saturated rings. The topological polar surface area (TPSA) is 63.0 Å². The van der Waals surface area contributed by atoms with Crippen molar-refractivity contribution in [2.75, 3.05) is 0 Å². The van der Waals surface area contributed by atoms with Crippen LogP contribution >= 0.6 is 0 Å². The van der Waals surface area contributed by atoms with Crippen molar-refractivity contribution in [1.29, 1.82) is 0 Å². The van der Waals surface area contributed by atoms with Crippen LogP contribution in [0.25, 0.3) is 87.3 Å². The van der Waals surface area contributed by atoms with Gasteiger partial charge < -0.3 is 14.2 Å². The molecule has 1 N–H and O–H groups in total. The van der Waals surface area contributed by atoms with Gasteiger partial charge in [0, 0.05) is 43.6 Å². The number of hydrogen-bond donors (Lipinski definition) is 1. The second-order valence-corrected chi connectivity index (χ2v) is 14.5. The molecule has 9 aromatic carbocycles. The molecule has 1 aliphatic rings. The molecule has 12 rings (SSSR count). The monoisotopic (exact) mass is 717 g/mol. The van der Waals surface area contributed by atoms with Gasteiger partial charge in [0.2, 0.25) is 0 Å². The minimum atomic E-state index is -0.439. The van der Waals surface area contributed by atoms with Crippen LogP contribution in [0.15, 0.2) is 195 Å². The van der Waals surface area contributed by atoms with Gasteiger partial charge in [0.05, 0.1) is 0 Å². The van der Waals surface area contributed by atoms with Gasteiger partial charge in [0.1, 0.15) is 34.3 Å². The molecule has 3 heterocycles. The highest BCUT2D eigenvalue weighted by Gasteiger charge is 2.26. The predicted octanol–water partition coefficient (Wildman–Crippen LogP) is 13.1. The van der Waals surface area contributed by atoms with E-state index in [4.69, 9.17) is 18.8 Å². The van der Waals surface area contributed by atoms with Crippen LogP contribution in [0.5, 0.6) is 0 Å². The summed E-state index contributed by atoms with van der Waals surface area (Å²) in [5.41, 5.74) is 8.63. The SMILES string of the molecule is c1ccc(C2=NC(c3cccc4oc5ccc(-c6cccc7oc8c9ccccc9ccc8c67)cc5c34)NC(c3cc4ccccc4c4ccccc34)=N2)cc1. The summed E-state index contributed by atoms with van der Waals surface area (Å²) >= 11 is 0. The Morgan fingerprint density at radius 1 is 0.429 bits per heavy atom. The second-order valence-electron chi connectivity index (χ2n) is 14.5. The van der Waals surface area contributed by atoms with E-state index in [0.29, 0.717) is 5.84 Å². The van der Waals surface area contributed by atoms with Crippen LogP contribution in [0.3, 0.4) is 0 Å². The lowest BCUT2D eigenvalue weighted by Crippen LogP contribution is -2.33. The number of hydrogen-bond acceptors (Lipinski definition) is 5. The molecular weight excluding hydrogens is 687 g/mol. The standard InChI is InChI=1S/C51H31N3O2/c1-2-13-31(14-3-1)49-52-50(54-51(53-49)41-28-32-15-5-6-16-34(32)37-18-8-9-19-38(37)41)40-21-11-22-44-47(40)42-29-33(25-27-43(42)55-44)35-20-10-23-45-46(35)39-26-24-30-12-4-7-17-36(30)48(39)56-45/h1-29,50H,(H,52,53,54). The number of fused-ring (bicyclic) bond motifs is 11. The van der Waals surface area contributed by atoms with Crippen LogP contribution in [0.4, 0.5) is 0 Å². The highest BCUT2D eigenvalue weighted by Crippen LogP contribution is 2.42. The van der Waals surface area contributed by atoms with E-state index in [0.717, 1.165) is 99.1 Å². The maximum absolute atomic E-state index is 6.57. The van der Waals surface area contributed by atoms with E-state index in [-0.39, 0.29) is 0 Å². The van der Waals surface area contributed by atoms with Crippen molar-refractivity contribution in [3.05, 3.63) is 193 Å². The highest BCUT2D eigenvalue weighted by atomic mass is 16.3. The van der Waals surface area contributed by atoms with Crippen LogP contribution in [-0.2, 0) is 0 Å². The third-order valence-electron chi connectivity index (χ3n) is 11.3. The lowest BCUT2D eigenvalue weighted by atomic mass is 9.95. The average molecular weight is 718 g/mol. The average Bonchev–Trinajstić information content (AvgIpc) is 3.85. The summed E-state index contributed by atoms with van der Waals surface area (Å²) in [6.07, 6.45) is -0.439. The number of amidine groups is 2. The minimum Gasteiger partial charge on any atom is -0.456 e. The van der Waals surface area contributed by atoms with Gasteiger partial charge in [0.25, 0.3) is 0 Å². The van der Waals surface area contributed by atoms with Crippen molar-refractivity contribution in [3.63, 3.8) is 0 Å². The summed E-state index contributed by atoms with van der Waals surface area (Å²) in [4.78, 5) is 10.5. The molecule has 2 aromatic heterocycles. The number of nitrogens with one attached hydrogen (secondary N) is 1. The number of aliphatic imine (C=N–C) groups is 2. The van der Waals surface area contributed by atoms with Gasteiger partial charge in [0.15, 0.2) is 5.84 Å². The van der Waals surface area contributed by atoms with Gasteiger partial charge in [-0.15, -0.1) is 0 Å². The fraction of sp³-hybridized carbons (Fsp3) is 0.0196. The van der Waals surface area contributed by atoms with Crippen LogP contribution in [0.1, 0.15) is 22.9 Å². The minimum absolute atomic E-state index is 0.439. The first kappa shape index (κ1) is 30.9. The van der Waals surface area contributed by atoms with Crippen molar-refractivity contribution >= 4 is 87.9 Å². The lowest BCUT2D eigenvalue weighted by Gasteiger charge is -2.25. The van der Waals surface area contributed by atoms with Gasteiger partial charge in [-0.25, -0.2) is 9.98 Å². The molecule has 0 bridgehead atoms. The Balaban J connectivity index is 1.05. The summed E-state index contributed by atoms with van der Waals surface area (Å²) in [5, 5.41) is 15.0. The Morgan fingerprint density at radius 2 is 1.16 bits per heavy atom. The van der Waals surface area contributed by atoms with Crippen molar-refractivity contribution in [2.45, 2.75) is 6.17 Å². The molecule has 1 atom stereocenters. The number of nitrogens with zero attached hydrogens (tertiary/aromatic N) is 2. The quantitative estimate of drug-likeness (QED) is 0.184. The van der Waals surface area contributed by atoms with Crippen molar-refractivity contribution in [3.8, 4) is 11.1 Å². The van der Waals surface area contributed by atoms with E-state index < -0.39 is 6.17 Å². The van der Waals surface area contributed by atoms with E-state index in [1.165, 1.54) is 10.8 Å². The first-order valence-corrected chi connectivity index (χ1v) is 18.9. The van der Waals surface area contributed by atoms with Crippen LogP contribution in [0.2, 0.25) is 0 Å². The van der Waals surface area contributed by atoms with Crippen molar-refractivity contribution < 1.29 is 8.83 Å². The molecule has 11 aromatic rings. The molecule has 5 heteroatoms. The molecule has 56 heavy (non-hydrogen) atoms. The Bertz CT molecular complexity index is 3460. The summed E-state index contributed by atoms with van der Waals surface area (Å²) in [6.45, 7) is 0. The second kappa shape index (κ2) is 12.0. The maximum atomic E-state index is 6.57. The smallest absolute Gasteiger partial charge is 0.159 e. The molecule has 0 aliphatic carbocycles. The molecular formula is C51H31N3O2. The van der Waals surface area contributed by atoms with Gasteiger partial charge in [-0.2, -0.15) is 0 Å². The zero-order valence-corrected chi connectivity index (χ0v) is 30.0. The Kier molecular flexibility index (Phi) is 6.63. The third kappa shape index (κ3) is 4.67. The van der Waals surface area contributed by atoms with E-state index in [2.05, 4.69) is 157 Å². The number of furan rings is 2. The molecule has 0 saturated heterocycles. The third-order valence-corrected chi connectivity index (χ3v) is 11.3. The van der Waals surface area contributed by atoms with E-state index >= 15 is 0 Å².